The molecule has 0 unspecified atom stereocenters. The summed E-state index contributed by atoms with van der Waals surface area (Å²) in [5, 5.41) is 10.9. The maximum Gasteiger partial charge on any atom is 0.338 e. The zero-order valence-electron chi connectivity index (χ0n) is 20.2. The summed E-state index contributed by atoms with van der Waals surface area (Å²) in [6.07, 6.45) is -0.259. The molecule has 0 radical (unpaired) electrons. The van der Waals surface area contributed by atoms with Crippen molar-refractivity contribution in [2.24, 2.45) is 0 Å². The molecule has 0 aliphatic rings. The minimum Gasteiger partial charge on any atom is -0.507 e. The van der Waals surface area contributed by atoms with Gasteiger partial charge in [-0.05, 0) is 50.7 Å². The standard InChI is InChI=1S/C23H39O5PS/c1-11-27-29(26,28-12-2)15-19(24)23(9,10)30-16-13-17(21(3,4)5)20(25)18(14-16)22(6,7)8/h13-14,25H,11-12,15H2,1-10H3. The van der Waals surface area contributed by atoms with Gasteiger partial charge < -0.3 is 14.2 Å². The van der Waals surface area contributed by atoms with Crippen LogP contribution in [0.5, 0.6) is 5.75 Å². The first-order chi connectivity index (χ1) is 13.5. The number of benzene rings is 1. The molecular formula is C23H39O5PS. The highest BCUT2D eigenvalue weighted by Gasteiger charge is 2.37. The first kappa shape index (κ1) is 27.2. The smallest absolute Gasteiger partial charge is 0.338 e. The van der Waals surface area contributed by atoms with Crippen LogP contribution in [0.2, 0.25) is 0 Å². The first-order valence-electron chi connectivity index (χ1n) is 10.4. The van der Waals surface area contributed by atoms with Crippen molar-refractivity contribution in [3.63, 3.8) is 0 Å². The van der Waals surface area contributed by atoms with Crippen LogP contribution in [0.3, 0.4) is 0 Å². The van der Waals surface area contributed by atoms with Crippen molar-refractivity contribution < 1.29 is 23.5 Å². The van der Waals surface area contributed by atoms with Crippen LogP contribution in [0, 0.1) is 0 Å². The van der Waals surface area contributed by atoms with E-state index in [0.717, 1.165) is 16.0 Å². The zero-order valence-corrected chi connectivity index (χ0v) is 21.9. The predicted molar refractivity (Wildman–Crippen MR) is 126 cm³/mol. The average molecular weight is 459 g/mol. The average Bonchev–Trinajstić information content (AvgIpc) is 2.54. The van der Waals surface area contributed by atoms with E-state index in [4.69, 9.17) is 9.05 Å². The minimum atomic E-state index is -3.46. The number of Topliss-reactive ketones (excluding diaryl/α,β-unsaturated/α-hetero) is 1. The van der Waals surface area contributed by atoms with Gasteiger partial charge in [-0.1, -0.05) is 41.5 Å². The fraction of sp³-hybridized carbons (Fsp3) is 0.696. The van der Waals surface area contributed by atoms with Crippen LogP contribution in [-0.4, -0.2) is 35.0 Å². The van der Waals surface area contributed by atoms with Crippen LogP contribution < -0.4 is 0 Å². The normalized spacial score (nSPS) is 13.5. The van der Waals surface area contributed by atoms with Gasteiger partial charge >= 0.3 is 7.60 Å². The Morgan fingerprint density at radius 1 is 0.933 bits per heavy atom. The Kier molecular flexibility index (Phi) is 8.86. The van der Waals surface area contributed by atoms with E-state index in [1.807, 2.05) is 26.0 Å². The molecule has 172 valence electrons. The number of ketones is 1. The molecule has 0 spiro atoms. The molecule has 1 N–H and O–H groups in total. The number of carbonyl (C=O) groups is 1. The van der Waals surface area contributed by atoms with Crippen molar-refractivity contribution in [2.75, 3.05) is 19.4 Å². The van der Waals surface area contributed by atoms with E-state index in [-0.39, 0.29) is 36.0 Å². The number of thioether (sulfide) groups is 1. The first-order valence-corrected chi connectivity index (χ1v) is 13.0. The monoisotopic (exact) mass is 458 g/mol. The molecule has 0 heterocycles. The molecule has 0 amide bonds. The summed E-state index contributed by atoms with van der Waals surface area (Å²) < 4.78 is 22.6. The summed E-state index contributed by atoms with van der Waals surface area (Å²) in [6, 6.07) is 3.91. The molecule has 1 aromatic carbocycles. The van der Waals surface area contributed by atoms with Gasteiger partial charge in [0.15, 0.2) is 5.78 Å². The largest absolute Gasteiger partial charge is 0.507 e. The second-order valence-electron chi connectivity index (χ2n) is 10.0. The van der Waals surface area contributed by atoms with Gasteiger partial charge in [-0.25, -0.2) is 0 Å². The Bertz CT molecular complexity index is 758. The lowest BCUT2D eigenvalue weighted by atomic mass is 9.79. The fourth-order valence-corrected chi connectivity index (χ4v) is 6.08. The van der Waals surface area contributed by atoms with Gasteiger partial charge in [0.25, 0.3) is 0 Å². The number of hydrogen-bond donors (Lipinski definition) is 1. The highest BCUT2D eigenvalue weighted by molar-refractivity contribution is 8.01. The van der Waals surface area contributed by atoms with Gasteiger partial charge in [0, 0.05) is 16.0 Å². The van der Waals surface area contributed by atoms with Crippen LogP contribution in [0.25, 0.3) is 0 Å². The van der Waals surface area contributed by atoms with Crippen molar-refractivity contribution in [1.29, 1.82) is 0 Å². The van der Waals surface area contributed by atoms with Gasteiger partial charge in [0.2, 0.25) is 0 Å². The van der Waals surface area contributed by atoms with Gasteiger partial charge in [0.1, 0.15) is 11.9 Å². The summed E-state index contributed by atoms with van der Waals surface area (Å²) in [5.41, 5.74) is 1.17. The van der Waals surface area contributed by atoms with Gasteiger partial charge in [0.05, 0.1) is 18.0 Å². The molecule has 0 bridgehead atoms. The molecule has 30 heavy (non-hydrogen) atoms. The van der Waals surface area contributed by atoms with Crippen LogP contribution in [0.4, 0.5) is 0 Å². The van der Waals surface area contributed by atoms with Crippen molar-refractivity contribution in [3.8, 4) is 5.75 Å². The topological polar surface area (TPSA) is 72.8 Å². The van der Waals surface area contributed by atoms with E-state index < -0.39 is 12.3 Å². The van der Waals surface area contributed by atoms with E-state index in [9.17, 15) is 14.5 Å². The molecule has 0 aliphatic carbocycles. The number of rotatable bonds is 9. The molecule has 1 aromatic rings. The van der Waals surface area contributed by atoms with E-state index in [0.29, 0.717) is 5.75 Å². The molecule has 5 nitrogen and oxygen atoms in total. The summed E-state index contributed by atoms with van der Waals surface area (Å²) in [4.78, 5) is 14.0. The molecular weight excluding hydrogens is 419 g/mol. The van der Waals surface area contributed by atoms with Crippen molar-refractivity contribution in [2.45, 2.75) is 89.7 Å². The van der Waals surface area contributed by atoms with Crippen molar-refractivity contribution >= 4 is 25.1 Å². The van der Waals surface area contributed by atoms with Gasteiger partial charge in [-0.3, -0.25) is 9.36 Å². The summed E-state index contributed by atoms with van der Waals surface area (Å²) in [7, 11) is -3.46. The van der Waals surface area contributed by atoms with Gasteiger partial charge in [-0.2, -0.15) is 0 Å². The lowest BCUT2D eigenvalue weighted by Gasteiger charge is -2.30. The molecule has 0 atom stereocenters. The lowest BCUT2D eigenvalue weighted by Crippen LogP contribution is -2.31. The molecule has 0 fully saturated rings. The third-order valence-corrected chi connectivity index (χ3v) is 7.92. The quantitative estimate of drug-likeness (QED) is 0.328. The number of phenolic OH excluding ortho intramolecular Hbond substituents is 1. The van der Waals surface area contributed by atoms with Crippen LogP contribution in [-0.2, 0) is 29.2 Å². The van der Waals surface area contributed by atoms with E-state index in [1.165, 1.54) is 11.8 Å². The Morgan fingerprint density at radius 3 is 1.67 bits per heavy atom. The van der Waals surface area contributed by atoms with Crippen LogP contribution >= 0.6 is 19.4 Å². The highest BCUT2D eigenvalue weighted by Crippen LogP contribution is 2.50. The number of carbonyl (C=O) groups excluding carboxylic acids is 1. The number of aromatic hydroxyl groups is 1. The van der Waals surface area contributed by atoms with Crippen molar-refractivity contribution in [1.82, 2.24) is 0 Å². The summed E-state index contributed by atoms with van der Waals surface area (Å²) >= 11 is 1.41. The zero-order chi connectivity index (χ0) is 23.5. The molecule has 0 saturated carbocycles. The second-order valence-corrected chi connectivity index (χ2v) is 13.8. The van der Waals surface area contributed by atoms with E-state index in [1.54, 1.807) is 13.8 Å². The van der Waals surface area contributed by atoms with Gasteiger partial charge in [-0.15, -0.1) is 11.8 Å². The summed E-state index contributed by atoms with van der Waals surface area (Å²) in [6.45, 7) is 19.9. The Morgan fingerprint density at radius 2 is 1.33 bits per heavy atom. The molecule has 1 rings (SSSR count). The Hall–Kier alpha value is -0.810. The number of phenols is 1. The second kappa shape index (κ2) is 9.77. The van der Waals surface area contributed by atoms with Crippen LogP contribution in [0.1, 0.15) is 80.4 Å². The molecule has 0 aliphatic heterocycles. The minimum absolute atomic E-state index is 0.194. The maximum atomic E-state index is 13.1. The number of hydrogen-bond acceptors (Lipinski definition) is 6. The third-order valence-electron chi connectivity index (χ3n) is 4.73. The highest BCUT2D eigenvalue weighted by atomic mass is 32.2. The Balaban J connectivity index is 3.33. The Labute approximate surface area is 186 Å². The van der Waals surface area contributed by atoms with E-state index in [2.05, 4.69) is 41.5 Å². The third kappa shape index (κ3) is 7.12. The molecule has 0 aromatic heterocycles. The van der Waals surface area contributed by atoms with E-state index >= 15 is 0 Å². The predicted octanol–water partition coefficient (Wildman–Crippen LogP) is 6.69. The van der Waals surface area contributed by atoms with Crippen LogP contribution in [0.15, 0.2) is 17.0 Å². The molecule has 0 saturated heterocycles. The molecule has 7 heteroatoms. The van der Waals surface area contributed by atoms with Crippen molar-refractivity contribution in [3.05, 3.63) is 23.3 Å². The fourth-order valence-electron chi connectivity index (χ4n) is 3.05. The maximum absolute atomic E-state index is 13.1. The summed E-state index contributed by atoms with van der Waals surface area (Å²) in [5.74, 6) is 0.112. The SMILES string of the molecule is CCOP(=O)(CC(=O)C(C)(C)Sc1cc(C(C)(C)C)c(O)c(C(C)(C)C)c1)OCC. The lowest BCUT2D eigenvalue weighted by molar-refractivity contribution is -0.118.